The van der Waals surface area contributed by atoms with Crippen LogP contribution in [0.2, 0.25) is 0 Å². The molecule has 0 aliphatic rings. The van der Waals surface area contributed by atoms with Crippen LogP contribution < -0.4 is 0 Å². The number of rotatable bonds is 7. The number of ketones is 1. The van der Waals surface area contributed by atoms with Crippen molar-refractivity contribution in [3.63, 3.8) is 0 Å². The van der Waals surface area contributed by atoms with Crippen molar-refractivity contribution in [2.24, 2.45) is 17.0 Å². The van der Waals surface area contributed by atoms with E-state index >= 15 is 0 Å². The summed E-state index contributed by atoms with van der Waals surface area (Å²) >= 11 is 0. The second-order valence-electron chi connectivity index (χ2n) is 3.88. The van der Waals surface area contributed by atoms with Crippen LogP contribution in [-0.4, -0.2) is 16.7 Å². The van der Waals surface area contributed by atoms with Crippen LogP contribution in [0.25, 0.3) is 0 Å². The summed E-state index contributed by atoms with van der Waals surface area (Å²) in [4.78, 5) is 12.0. The Morgan fingerprint density at radius 1 is 1.00 bits per heavy atom. The van der Waals surface area contributed by atoms with Crippen molar-refractivity contribution in [1.82, 2.24) is 0 Å². The van der Waals surface area contributed by atoms with Gasteiger partial charge in [-0.1, -0.05) is 32.9 Å². The minimum absolute atomic E-state index is 0.0106. The molecule has 0 fully saturated rings. The molecule has 0 aromatic heterocycles. The molecule has 0 heterocycles. The maximum Gasteiger partial charge on any atom is 0.183 e. The Morgan fingerprint density at radius 3 is 1.67 bits per heavy atom. The van der Waals surface area contributed by atoms with E-state index in [2.05, 4.69) is 5.16 Å². The molecule has 0 radical (unpaired) electrons. The van der Waals surface area contributed by atoms with E-state index in [0.717, 1.165) is 25.7 Å². The molecule has 0 aromatic carbocycles. The van der Waals surface area contributed by atoms with Gasteiger partial charge in [0.2, 0.25) is 0 Å². The zero-order valence-corrected chi connectivity index (χ0v) is 10.3. The predicted octanol–water partition coefficient (Wildman–Crippen LogP) is 3.26. The van der Waals surface area contributed by atoms with Crippen LogP contribution in [0.5, 0.6) is 0 Å². The molecule has 0 amide bonds. The van der Waals surface area contributed by atoms with Crippen molar-refractivity contribution in [2.75, 3.05) is 0 Å². The highest BCUT2D eigenvalue weighted by atomic mass is 16.4. The van der Waals surface area contributed by atoms with Crippen molar-refractivity contribution in [3.8, 4) is 0 Å². The normalized spacial score (nSPS) is 12.5. The van der Waals surface area contributed by atoms with Crippen molar-refractivity contribution < 1.29 is 10.0 Å². The smallest absolute Gasteiger partial charge is 0.183 e. The van der Waals surface area contributed by atoms with Gasteiger partial charge in [-0.05, 0) is 25.7 Å². The maximum atomic E-state index is 12.0. The topological polar surface area (TPSA) is 49.7 Å². The lowest BCUT2D eigenvalue weighted by Crippen LogP contribution is -2.29. The summed E-state index contributed by atoms with van der Waals surface area (Å²) in [6, 6.07) is 0. The third kappa shape index (κ3) is 3.65. The average Bonchev–Trinajstić information content (AvgIpc) is 2.27. The molecular formula is C12H23NO2. The summed E-state index contributed by atoms with van der Waals surface area (Å²) in [5, 5.41) is 12.2. The van der Waals surface area contributed by atoms with Gasteiger partial charge >= 0.3 is 0 Å². The monoisotopic (exact) mass is 213 g/mol. The van der Waals surface area contributed by atoms with Gasteiger partial charge in [0.05, 0.1) is 0 Å². The van der Waals surface area contributed by atoms with Crippen LogP contribution in [0.15, 0.2) is 5.16 Å². The van der Waals surface area contributed by atoms with E-state index in [-0.39, 0.29) is 17.6 Å². The Balaban J connectivity index is 4.74. The largest absolute Gasteiger partial charge is 0.411 e. The Bertz CT molecular complexity index is 216. The van der Waals surface area contributed by atoms with Crippen molar-refractivity contribution >= 4 is 11.5 Å². The molecule has 0 bridgehead atoms. The second kappa shape index (κ2) is 7.43. The molecule has 0 aromatic rings. The van der Waals surface area contributed by atoms with Crippen molar-refractivity contribution in [2.45, 2.75) is 53.4 Å². The summed E-state index contributed by atoms with van der Waals surface area (Å²) in [7, 11) is 0. The first-order valence-electron chi connectivity index (χ1n) is 5.92. The summed E-state index contributed by atoms with van der Waals surface area (Å²) < 4.78 is 0. The van der Waals surface area contributed by atoms with Gasteiger partial charge < -0.3 is 5.21 Å². The van der Waals surface area contributed by atoms with E-state index in [0.29, 0.717) is 5.71 Å². The Labute approximate surface area is 92.6 Å². The minimum Gasteiger partial charge on any atom is -0.411 e. The first kappa shape index (κ1) is 14.1. The number of hydrogen-bond donors (Lipinski definition) is 1. The van der Waals surface area contributed by atoms with E-state index in [1.54, 1.807) is 0 Å². The number of oxime groups is 1. The van der Waals surface area contributed by atoms with Crippen LogP contribution in [-0.2, 0) is 4.79 Å². The third-order valence-corrected chi connectivity index (χ3v) is 3.09. The number of carbonyl (C=O) groups is 1. The molecule has 0 aliphatic carbocycles. The molecule has 0 rings (SSSR count). The van der Waals surface area contributed by atoms with E-state index in [4.69, 9.17) is 5.21 Å². The molecule has 0 saturated heterocycles. The predicted molar refractivity (Wildman–Crippen MR) is 62.4 cm³/mol. The molecule has 15 heavy (non-hydrogen) atoms. The van der Waals surface area contributed by atoms with Crippen molar-refractivity contribution in [3.05, 3.63) is 0 Å². The summed E-state index contributed by atoms with van der Waals surface area (Å²) in [6.45, 7) is 8.01. The van der Waals surface area contributed by atoms with Gasteiger partial charge in [-0.25, -0.2) is 0 Å². The van der Waals surface area contributed by atoms with E-state index in [9.17, 15) is 4.79 Å². The molecule has 0 saturated carbocycles. The first-order chi connectivity index (χ1) is 7.15. The lowest BCUT2D eigenvalue weighted by atomic mass is 9.86. The minimum atomic E-state index is 0.0106. The van der Waals surface area contributed by atoms with E-state index in [1.165, 1.54) is 0 Å². The highest BCUT2D eigenvalue weighted by Gasteiger charge is 2.25. The molecule has 0 spiro atoms. The second-order valence-corrected chi connectivity index (χ2v) is 3.88. The number of nitrogens with zero attached hydrogens (tertiary/aromatic N) is 1. The number of hydrogen-bond acceptors (Lipinski definition) is 3. The highest BCUT2D eigenvalue weighted by molar-refractivity contribution is 6.41. The fraction of sp³-hybridized carbons (Fsp3) is 0.833. The number of Topliss-reactive ketones (excluding diaryl/α,β-unsaturated/α-hetero) is 1. The highest BCUT2D eigenvalue weighted by Crippen LogP contribution is 2.17. The Hall–Kier alpha value is -0.860. The molecule has 3 nitrogen and oxygen atoms in total. The molecule has 0 unspecified atom stereocenters. The van der Waals surface area contributed by atoms with Crippen LogP contribution in [0, 0.1) is 11.8 Å². The van der Waals surface area contributed by atoms with Crippen molar-refractivity contribution in [1.29, 1.82) is 0 Å². The molecule has 88 valence electrons. The van der Waals surface area contributed by atoms with Gasteiger partial charge in [-0.15, -0.1) is 0 Å². The van der Waals surface area contributed by atoms with Crippen LogP contribution in [0.1, 0.15) is 53.4 Å². The van der Waals surface area contributed by atoms with Gasteiger partial charge in [0.15, 0.2) is 5.78 Å². The summed E-state index contributed by atoms with van der Waals surface area (Å²) in [6.07, 6.45) is 3.33. The van der Waals surface area contributed by atoms with E-state index in [1.807, 2.05) is 27.7 Å². The van der Waals surface area contributed by atoms with Gasteiger partial charge in [0.25, 0.3) is 0 Å². The average molecular weight is 213 g/mol. The fourth-order valence-corrected chi connectivity index (χ4v) is 1.88. The standard InChI is InChI=1S/C12H23NO2/c1-5-9(6-2)11(13-15)12(14)10(7-3)8-4/h9-10,15H,5-8H2,1-4H3. The fourth-order valence-electron chi connectivity index (χ4n) is 1.88. The van der Waals surface area contributed by atoms with Gasteiger partial charge in [-0.3, -0.25) is 4.79 Å². The molecular weight excluding hydrogens is 190 g/mol. The molecule has 0 aliphatic heterocycles. The molecule has 1 N–H and O–H groups in total. The van der Waals surface area contributed by atoms with Gasteiger partial charge in [0.1, 0.15) is 5.71 Å². The summed E-state index contributed by atoms with van der Waals surface area (Å²) in [5.41, 5.74) is 0.369. The van der Waals surface area contributed by atoms with Gasteiger partial charge in [-0.2, -0.15) is 0 Å². The summed E-state index contributed by atoms with van der Waals surface area (Å²) in [5.74, 6) is 0.135. The zero-order chi connectivity index (χ0) is 11.8. The number of carbonyl (C=O) groups excluding carboxylic acids is 1. The maximum absolute atomic E-state index is 12.0. The quantitative estimate of drug-likeness (QED) is 0.401. The Morgan fingerprint density at radius 2 is 1.40 bits per heavy atom. The molecule has 0 atom stereocenters. The van der Waals surface area contributed by atoms with Crippen LogP contribution in [0.3, 0.4) is 0 Å². The van der Waals surface area contributed by atoms with Crippen LogP contribution in [0.4, 0.5) is 0 Å². The first-order valence-corrected chi connectivity index (χ1v) is 5.92. The van der Waals surface area contributed by atoms with Crippen LogP contribution >= 0.6 is 0 Å². The molecule has 3 heteroatoms. The SMILES string of the molecule is CCC(CC)C(=O)C(=NO)C(CC)CC. The lowest BCUT2D eigenvalue weighted by molar-refractivity contribution is -0.117. The Kier molecular flexibility index (Phi) is 7.01. The lowest BCUT2D eigenvalue weighted by Gasteiger charge is -2.17. The van der Waals surface area contributed by atoms with Gasteiger partial charge in [0, 0.05) is 11.8 Å². The van der Waals surface area contributed by atoms with E-state index < -0.39 is 0 Å². The zero-order valence-electron chi connectivity index (χ0n) is 10.3. The third-order valence-electron chi connectivity index (χ3n) is 3.09.